The van der Waals surface area contributed by atoms with Crippen molar-refractivity contribution >= 4 is 33.8 Å². The Bertz CT molecular complexity index is 824. The predicted molar refractivity (Wildman–Crippen MR) is 107 cm³/mol. The lowest BCUT2D eigenvalue weighted by atomic mass is 10.0. The topological polar surface area (TPSA) is 89.3 Å². The lowest BCUT2D eigenvalue weighted by molar-refractivity contribution is -0.117. The molecule has 0 aliphatic heterocycles. The quantitative estimate of drug-likeness (QED) is 0.750. The van der Waals surface area contributed by atoms with Gasteiger partial charge in [0.2, 0.25) is 5.91 Å². The van der Waals surface area contributed by atoms with Crippen molar-refractivity contribution in [3.05, 3.63) is 60.2 Å². The second-order valence-electron chi connectivity index (χ2n) is 6.50. The van der Waals surface area contributed by atoms with Crippen molar-refractivity contribution in [1.29, 1.82) is 0 Å². The van der Waals surface area contributed by atoms with E-state index in [1.54, 1.807) is 54.6 Å². The van der Waals surface area contributed by atoms with E-state index < -0.39 is 15.9 Å². The Balaban J connectivity index is 0.00000338. The first-order chi connectivity index (χ1) is 11.8. The summed E-state index contributed by atoms with van der Waals surface area (Å²) >= 11 is 0. The van der Waals surface area contributed by atoms with Crippen LogP contribution < -0.4 is 11.1 Å². The minimum atomic E-state index is -3.43. The van der Waals surface area contributed by atoms with Crippen molar-refractivity contribution < 1.29 is 13.2 Å². The molecule has 0 heterocycles. The van der Waals surface area contributed by atoms with Gasteiger partial charge in [0.1, 0.15) is 0 Å². The van der Waals surface area contributed by atoms with Gasteiger partial charge >= 0.3 is 0 Å². The van der Waals surface area contributed by atoms with Crippen LogP contribution >= 0.6 is 12.4 Å². The average Bonchev–Trinajstić information content (AvgIpc) is 2.55. The van der Waals surface area contributed by atoms with Crippen molar-refractivity contribution in [2.75, 3.05) is 5.32 Å². The highest BCUT2D eigenvalue weighted by molar-refractivity contribution is 7.90. The number of rotatable bonds is 7. The van der Waals surface area contributed by atoms with E-state index in [1.165, 1.54) is 0 Å². The van der Waals surface area contributed by atoms with E-state index in [4.69, 9.17) is 5.73 Å². The van der Waals surface area contributed by atoms with Crippen molar-refractivity contribution in [3.8, 4) is 0 Å². The molecule has 142 valence electrons. The van der Waals surface area contributed by atoms with Gasteiger partial charge in [0.25, 0.3) is 0 Å². The second-order valence-corrected chi connectivity index (χ2v) is 8.49. The molecule has 0 aliphatic rings. The molecule has 0 unspecified atom stereocenters. The first-order valence-corrected chi connectivity index (χ1v) is 9.86. The summed E-state index contributed by atoms with van der Waals surface area (Å²) in [6.45, 7) is 4.00. The first-order valence-electron chi connectivity index (χ1n) is 8.21. The lowest BCUT2D eigenvalue weighted by Crippen LogP contribution is -2.36. The first kappa shape index (κ1) is 22.2. The van der Waals surface area contributed by atoms with Crippen molar-refractivity contribution in [1.82, 2.24) is 0 Å². The van der Waals surface area contributed by atoms with Gasteiger partial charge in [-0.3, -0.25) is 4.79 Å². The molecule has 7 heteroatoms. The molecule has 2 aromatic rings. The van der Waals surface area contributed by atoms with E-state index in [0.29, 0.717) is 23.6 Å². The van der Waals surface area contributed by atoms with Crippen LogP contribution in [0.15, 0.2) is 59.5 Å². The van der Waals surface area contributed by atoms with Crippen molar-refractivity contribution in [2.24, 2.45) is 11.7 Å². The van der Waals surface area contributed by atoms with Gasteiger partial charge in [0, 0.05) is 5.69 Å². The largest absolute Gasteiger partial charge is 0.325 e. The van der Waals surface area contributed by atoms with E-state index in [1.807, 2.05) is 13.8 Å². The Kier molecular flexibility index (Phi) is 8.27. The molecule has 0 spiro atoms. The van der Waals surface area contributed by atoms with Crippen LogP contribution in [0.3, 0.4) is 0 Å². The maximum Gasteiger partial charge on any atom is 0.241 e. The summed E-state index contributed by atoms with van der Waals surface area (Å²) in [5, 5.41) is 2.75. The van der Waals surface area contributed by atoms with Gasteiger partial charge in [-0.25, -0.2) is 8.42 Å². The summed E-state index contributed by atoms with van der Waals surface area (Å²) in [6.07, 6.45) is 0.591. The number of carbonyl (C=O) groups is 1. The number of sulfone groups is 1. The second kappa shape index (κ2) is 9.71. The normalized spacial score (nSPS) is 12.3. The highest BCUT2D eigenvalue weighted by Gasteiger charge is 2.17. The van der Waals surface area contributed by atoms with Crippen LogP contribution in [0.2, 0.25) is 0 Å². The number of nitrogens with one attached hydrogen (secondary N) is 1. The smallest absolute Gasteiger partial charge is 0.241 e. The molecule has 5 nitrogen and oxygen atoms in total. The fourth-order valence-corrected chi connectivity index (χ4v) is 3.88. The fourth-order valence-electron chi connectivity index (χ4n) is 2.52. The van der Waals surface area contributed by atoms with Gasteiger partial charge in [-0.05, 0) is 42.2 Å². The number of nitrogens with two attached hydrogens (primary N) is 1. The molecule has 0 aliphatic carbocycles. The molecule has 0 bridgehead atoms. The maximum absolute atomic E-state index is 12.5. The van der Waals surface area contributed by atoms with Gasteiger partial charge in [-0.15, -0.1) is 12.4 Å². The summed E-state index contributed by atoms with van der Waals surface area (Å²) in [4.78, 5) is 12.4. The number of halogens is 1. The standard InChI is InChI=1S/C19H24N2O3S.ClH/c1-14(2)11-18(20)19(22)21-16-8-6-7-15(12-16)13-25(23,24)17-9-4-3-5-10-17;/h3-10,12,14,18H,11,13,20H2,1-2H3,(H,21,22);1H/t18-;/m0./s1. The molecule has 1 amide bonds. The maximum atomic E-state index is 12.5. The minimum Gasteiger partial charge on any atom is -0.325 e. The third-order valence-corrected chi connectivity index (χ3v) is 5.42. The summed E-state index contributed by atoms with van der Waals surface area (Å²) in [6, 6.07) is 14.6. The Hall–Kier alpha value is -1.89. The summed E-state index contributed by atoms with van der Waals surface area (Å²) in [5.41, 5.74) is 7.03. The molecule has 2 aromatic carbocycles. The number of carbonyl (C=O) groups excluding carboxylic acids is 1. The lowest BCUT2D eigenvalue weighted by Gasteiger charge is -2.14. The van der Waals surface area contributed by atoms with Crippen molar-refractivity contribution in [3.63, 3.8) is 0 Å². The zero-order valence-corrected chi connectivity index (χ0v) is 16.5. The molecule has 1 atom stereocenters. The van der Waals surface area contributed by atoms with Crippen LogP contribution in [-0.4, -0.2) is 20.4 Å². The van der Waals surface area contributed by atoms with Crippen molar-refractivity contribution in [2.45, 2.75) is 37.0 Å². The number of hydrogen-bond acceptors (Lipinski definition) is 4. The van der Waals surface area contributed by atoms with E-state index in [2.05, 4.69) is 5.32 Å². The average molecular weight is 397 g/mol. The zero-order chi connectivity index (χ0) is 18.4. The third-order valence-electron chi connectivity index (χ3n) is 3.72. The highest BCUT2D eigenvalue weighted by Crippen LogP contribution is 2.19. The summed E-state index contributed by atoms with van der Waals surface area (Å²) in [7, 11) is -3.43. The number of hydrogen-bond donors (Lipinski definition) is 2. The van der Waals surface area contributed by atoms with E-state index >= 15 is 0 Å². The Morgan fingerprint density at radius 2 is 1.73 bits per heavy atom. The Labute approximate surface area is 161 Å². The molecule has 0 aromatic heterocycles. The molecule has 0 fully saturated rings. The molecule has 3 N–H and O–H groups in total. The molecule has 2 rings (SSSR count). The number of benzene rings is 2. The molecule has 26 heavy (non-hydrogen) atoms. The number of amides is 1. The van der Waals surface area contributed by atoms with Crippen LogP contribution in [0.4, 0.5) is 5.69 Å². The van der Waals surface area contributed by atoms with E-state index in [0.717, 1.165) is 0 Å². The molecule has 0 saturated carbocycles. The van der Waals surface area contributed by atoms with Crippen LogP contribution in [0.5, 0.6) is 0 Å². The van der Waals surface area contributed by atoms with Gasteiger partial charge < -0.3 is 11.1 Å². The Morgan fingerprint density at radius 1 is 1.08 bits per heavy atom. The van der Waals surface area contributed by atoms with Gasteiger partial charge in [0.15, 0.2) is 9.84 Å². The van der Waals surface area contributed by atoms with E-state index in [-0.39, 0.29) is 29.0 Å². The monoisotopic (exact) mass is 396 g/mol. The van der Waals surface area contributed by atoms with Gasteiger partial charge in [-0.2, -0.15) is 0 Å². The minimum absolute atomic E-state index is 0. The van der Waals surface area contributed by atoms with Crippen LogP contribution in [-0.2, 0) is 20.4 Å². The number of anilines is 1. The van der Waals surface area contributed by atoms with Gasteiger partial charge in [0.05, 0.1) is 16.7 Å². The highest BCUT2D eigenvalue weighted by atomic mass is 35.5. The van der Waals surface area contributed by atoms with E-state index in [9.17, 15) is 13.2 Å². The summed E-state index contributed by atoms with van der Waals surface area (Å²) < 4.78 is 24.9. The third kappa shape index (κ3) is 6.44. The van der Waals surface area contributed by atoms with Crippen LogP contribution in [0.25, 0.3) is 0 Å². The zero-order valence-electron chi connectivity index (χ0n) is 14.9. The predicted octanol–water partition coefficient (Wildman–Crippen LogP) is 3.39. The fraction of sp³-hybridized carbons (Fsp3) is 0.316. The molecule has 0 saturated heterocycles. The summed E-state index contributed by atoms with van der Waals surface area (Å²) in [5.74, 6) is -0.0708. The Morgan fingerprint density at radius 3 is 2.35 bits per heavy atom. The molecular formula is C19H25ClN2O3S. The van der Waals surface area contributed by atoms with Gasteiger partial charge in [-0.1, -0.05) is 44.2 Å². The molecule has 0 radical (unpaired) electrons. The van der Waals surface area contributed by atoms with Crippen LogP contribution in [0, 0.1) is 5.92 Å². The van der Waals surface area contributed by atoms with Crippen LogP contribution in [0.1, 0.15) is 25.8 Å². The molecular weight excluding hydrogens is 372 g/mol. The SMILES string of the molecule is CC(C)C[C@H](N)C(=O)Nc1cccc(CS(=O)(=O)c2ccccc2)c1.Cl.